The standard InChI is InChI=1S/C29H34ClN3O3S/c1-21-8-10-25(11-9-21)19-33(37(35,36)29-23(3)16-22(2)17-24(29)4)20-28(34)32-14-12-31(13-15-32)27-7-5-6-26(30)18-27/h5-11,16-18H,12-15,19-20H2,1-4H3. The predicted octanol–water partition coefficient (Wildman–Crippen LogP) is 5.11. The first-order valence-corrected chi connectivity index (χ1v) is 14.3. The molecule has 1 fully saturated rings. The van der Waals surface area contributed by atoms with Crippen LogP contribution in [-0.2, 0) is 21.4 Å². The van der Waals surface area contributed by atoms with E-state index in [9.17, 15) is 13.2 Å². The van der Waals surface area contributed by atoms with Gasteiger partial charge in [0.1, 0.15) is 0 Å². The number of amides is 1. The number of carbonyl (C=O) groups excluding carboxylic acids is 1. The fourth-order valence-electron chi connectivity index (χ4n) is 4.96. The van der Waals surface area contributed by atoms with Crippen molar-refractivity contribution in [1.82, 2.24) is 9.21 Å². The van der Waals surface area contributed by atoms with Gasteiger partial charge in [-0.05, 0) is 62.6 Å². The smallest absolute Gasteiger partial charge is 0.244 e. The summed E-state index contributed by atoms with van der Waals surface area (Å²) in [6, 6.07) is 19.2. The first kappa shape index (κ1) is 27.2. The van der Waals surface area contributed by atoms with Gasteiger partial charge in [0.05, 0.1) is 11.4 Å². The van der Waals surface area contributed by atoms with E-state index in [4.69, 9.17) is 11.6 Å². The molecule has 8 heteroatoms. The van der Waals surface area contributed by atoms with Crippen molar-refractivity contribution in [3.8, 4) is 0 Å². The molecule has 0 bridgehead atoms. The van der Waals surface area contributed by atoms with E-state index < -0.39 is 10.0 Å². The van der Waals surface area contributed by atoms with E-state index in [0.29, 0.717) is 42.3 Å². The summed E-state index contributed by atoms with van der Waals surface area (Å²) in [5.74, 6) is -0.191. The molecule has 1 aliphatic rings. The first-order valence-electron chi connectivity index (χ1n) is 12.5. The van der Waals surface area contributed by atoms with Crippen LogP contribution in [0.4, 0.5) is 5.69 Å². The van der Waals surface area contributed by atoms with Crippen LogP contribution in [0.5, 0.6) is 0 Å². The summed E-state index contributed by atoms with van der Waals surface area (Å²) in [5, 5.41) is 0.676. The highest BCUT2D eigenvalue weighted by Crippen LogP contribution is 2.27. The second-order valence-electron chi connectivity index (χ2n) is 9.83. The van der Waals surface area contributed by atoms with E-state index in [0.717, 1.165) is 22.4 Å². The zero-order valence-corrected chi connectivity index (χ0v) is 23.4. The summed E-state index contributed by atoms with van der Waals surface area (Å²) < 4.78 is 29.3. The molecule has 0 radical (unpaired) electrons. The molecule has 1 amide bonds. The molecule has 0 N–H and O–H groups in total. The molecule has 0 unspecified atom stereocenters. The number of piperazine rings is 1. The first-order chi connectivity index (χ1) is 17.5. The number of hydrogen-bond acceptors (Lipinski definition) is 4. The Morgan fingerprint density at radius 2 is 1.49 bits per heavy atom. The average molecular weight is 540 g/mol. The van der Waals surface area contributed by atoms with E-state index in [-0.39, 0.29) is 23.9 Å². The largest absolute Gasteiger partial charge is 0.368 e. The van der Waals surface area contributed by atoms with Gasteiger partial charge in [-0.25, -0.2) is 8.42 Å². The molecule has 0 atom stereocenters. The number of anilines is 1. The average Bonchev–Trinajstić information content (AvgIpc) is 2.84. The third kappa shape index (κ3) is 6.35. The van der Waals surface area contributed by atoms with Crippen LogP contribution in [0, 0.1) is 27.7 Å². The fraction of sp³-hybridized carbons (Fsp3) is 0.345. The highest BCUT2D eigenvalue weighted by atomic mass is 35.5. The molecule has 1 heterocycles. The van der Waals surface area contributed by atoms with Crippen LogP contribution in [0.1, 0.15) is 27.8 Å². The third-order valence-electron chi connectivity index (χ3n) is 6.80. The van der Waals surface area contributed by atoms with Crippen molar-refractivity contribution in [3.63, 3.8) is 0 Å². The molecule has 196 valence electrons. The number of benzene rings is 3. The second kappa shape index (κ2) is 11.3. The number of sulfonamides is 1. The Hall–Kier alpha value is -2.87. The Kier molecular flexibility index (Phi) is 8.26. The molecule has 0 spiro atoms. The van der Waals surface area contributed by atoms with E-state index in [1.807, 2.05) is 88.4 Å². The van der Waals surface area contributed by atoms with Crippen LogP contribution >= 0.6 is 11.6 Å². The van der Waals surface area contributed by atoms with E-state index in [1.165, 1.54) is 4.31 Å². The van der Waals surface area contributed by atoms with Crippen molar-refractivity contribution in [1.29, 1.82) is 0 Å². The van der Waals surface area contributed by atoms with Crippen molar-refractivity contribution in [2.75, 3.05) is 37.6 Å². The van der Waals surface area contributed by atoms with Crippen LogP contribution < -0.4 is 4.90 Å². The molecule has 3 aromatic rings. The zero-order valence-electron chi connectivity index (χ0n) is 21.9. The molecule has 4 rings (SSSR count). The van der Waals surface area contributed by atoms with Gasteiger partial charge in [-0.1, -0.05) is 65.2 Å². The summed E-state index contributed by atoms with van der Waals surface area (Å²) in [6.45, 7) is 9.85. The van der Waals surface area contributed by atoms with Crippen molar-refractivity contribution < 1.29 is 13.2 Å². The molecular formula is C29H34ClN3O3S. The third-order valence-corrected chi connectivity index (χ3v) is 9.13. The van der Waals surface area contributed by atoms with Gasteiger partial charge >= 0.3 is 0 Å². The number of halogens is 1. The Morgan fingerprint density at radius 1 is 0.865 bits per heavy atom. The number of aryl methyl sites for hydroxylation is 4. The molecule has 3 aromatic carbocycles. The van der Waals surface area contributed by atoms with Gasteiger partial charge in [0.2, 0.25) is 15.9 Å². The predicted molar refractivity (Wildman–Crippen MR) is 150 cm³/mol. The van der Waals surface area contributed by atoms with Gasteiger partial charge in [-0.3, -0.25) is 4.79 Å². The molecule has 1 aliphatic heterocycles. The minimum atomic E-state index is -3.92. The maximum atomic E-state index is 14.0. The fourth-order valence-corrected chi connectivity index (χ4v) is 6.94. The monoisotopic (exact) mass is 539 g/mol. The van der Waals surface area contributed by atoms with E-state index in [1.54, 1.807) is 4.90 Å². The summed E-state index contributed by atoms with van der Waals surface area (Å²) in [6.07, 6.45) is 0. The van der Waals surface area contributed by atoms with Gasteiger partial charge in [0, 0.05) is 43.4 Å². The SMILES string of the molecule is Cc1ccc(CN(CC(=O)N2CCN(c3cccc(Cl)c3)CC2)S(=O)(=O)c2c(C)cc(C)cc2C)cc1. The Balaban J connectivity index is 1.56. The Morgan fingerprint density at radius 3 is 2.08 bits per heavy atom. The minimum absolute atomic E-state index is 0.129. The van der Waals surface area contributed by atoms with Crippen LogP contribution in [-0.4, -0.2) is 56.3 Å². The quantitative estimate of drug-likeness (QED) is 0.418. The van der Waals surface area contributed by atoms with E-state index in [2.05, 4.69) is 4.90 Å². The highest BCUT2D eigenvalue weighted by molar-refractivity contribution is 7.89. The lowest BCUT2D eigenvalue weighted by Gasteiger charge is -2.37. The lowest BCUT2D eigenvalue weighted by atomic mass is 10.1. The van der Waals surface area contributed by atoms with Gasteiger partial charge in [0.25, 0.3) is 0 Å². The number of rotatable bonds is 7. The summed E-state index contributed by atoms with van der Waals surface area (Å²) in [7, 11) is -3.92. The van der Waals surface area contributed by atoms with Gasteiger partial charge in [-0.15, -0.1) is 0 Å². The summed E-state index contributed by atoms with van der Waals surface area (Å²) >= 11 is 6.15. The number of carbonyl (C=O) groups is 1. The summed E-state index contributed by atoms with van der Waals surface area (Å²) in [5.41, 5.74) is 5.34. The molecule has 0 aromatic heterocycles. The zero-order chi connectivity index (χ0) is 26.7. The molecule has 6 nitrogen and oxygen atoms in total. The van der Waals surface area contributed by atoms with Crippen LogP contribution in [0.25, 0.3) is 0 Å². The van der Waals surface area contributed by atoms with Crippen LogP contribution in [0.2, 0.25) is 5.02 Å². The Bertz CT molecular complexity index is 1360. The van der Waals surface area contributed by atoms with Crippen LogP contribution in [0.15, 0.2) is 65.6 Å². The van der Waals surface area contributed by atoms with Gasteiger partial charge in [-0.2, -0.15) is 4.31 Å². The Labute approximate surface area is 225 Å². The molecule has 37 heavy (non-hydrogen) atoms. The lowest BCUT2D eigenvalue weighted by Crippen LogP contribution is -2.51. The highest BCUT2D eigenvalue weighted by Gasteiger charge is 2.32. The van der Waals surface area contributed by atoms with Crippen molar-refractivity contribution in [3.05, 3.63) is 93.5 Å². The minimum Gasteiger partial charge on any atom is -0.368 e. The normalized spacial score (nSPS) is 14.3. The number of nitrogens with zero attached hydrogens (tertiary/aromatic N) is 3. The van der Waals surface area contributed by atoms with Crippen molar-refractivity contribution in [2.45, 2.75) is 39.1 Å². The molecule has 0 saturated carbocycles. The van der Waals surface area contributed by atoms with Crippen molar-refractivity contribution in [2.24, 2.45) is 0 Å². The van der Waals surface area contributed by atoms with Crippen molar-refractivity contribution >= 4 is 33.2 Å². The number of hydrogen-bond donors (Lipinski definition) is 0. The van der Waals surface area contributed by atoms with Crippen LogP contribution in [0.3, 0.4) is 0 Å². The summed E-state index contributed by atoms with van der Waals surface area (Å²) in [4.78, 5) is 17.7. The maximum Gasteiger partial charge on any atom is 0.244 e. The topological polar surface area (TPSA) is 60.9 Å². The van der Waals surface area contributed by atoms with E-state index >= 15 is 0 Å². The van der Waals surface area contributed by atoms with Gasteiger partial charge < -0.3 is 9.80 Å². The molecule has 1 saturated heterocycles. The lowest BCUT2D eigenvalue weighted by molar-refractivity contribution is -0.131. The molecule has 0 aliphatic carbocycles. The van der Waals surface area contributed by atoms with Gasteiger partial charge in [0.15, 0.2) is 0 Å². The second-order valence-corrected chi connectivity index (χ2v) is 12.1. The molecular weight excluding hydrogens is 506 g/mol. The maximum absolute atomic E-state index is 14.0.